The molecule has 0 saturated carbocycles. The van der Waals surface area contributed by atoms with E-state index in [1.165, 1.54) is 23.1 Å². The van der Waals surface area contributed by atoms with E-state index in [1.807, 2.05) is 19.1 Å². The number of hydrogen-bond acceptors (Lipinski definition) is 6. The molecule has 1 amide bonds. The lowest BCUT2D eigenvalue weighted by Crippen LogP contribution is -2.24. The second-order valence-corrected chi connectivity index (χ2v) is 6.73. The van der Waals surface area contributed by atoms with E-state index in [-0.39, 0.29) is 11.7 Å². The van der Waals surface area contributed by atoms with Crippen LogP contribution in [0.1, 0.15) is 10.6 Å². The molecule has 2 aromatic rings. The van der Waals surface area contributed by atoms with Crippen LogP contribution in [-0.2, 0) is 11.3 Å². The lowest BCUT2D eigenvalue weighted by Gasteiger charge is -2.04. The van der Waals surface area contributed by atoms with Crippen LogP contribution in [0, 0.1) is 6.92 Å². The van der Waals surface area contributed by atoms with Gasteiger partial charge in [-0.25, -0.2) is 9.97 Å². The van der Waals surface area contributed by atoms with Crippen molar-refractivity contribution >= 4 is 46.4 Å². The number of nitrogens with two attached hydrogens (primary N) is 1. The average molecular weight is 329 g/mol. The first-order valence-corrected chi connectivity index (χ1v) is 7.96. The Labute approximate surface area is 130 Å². The molecule has 0 atom stereocenters. The topological polar surface area (TPSA) is 80.9 Å². The number of aromatic nitrogens is 2. The second-order valence-electron chi connectivity index (χ2n) is 3.99. The van der Waals surface area contributed by atoms with Crippen LogP contribution in [0.5, 0.6) is 0 Å². The van der Waals surface area contributed by atoms with Gasteiger partial charge >= 0.3 is 0 Å². The fourth-order valence-electron chi connectivity index (χ4n) is 1.44. The van der Waals surface area contributed by atoms with E-state index < -0.39 is 0 Å². The number of halogens is 1. The van der Waals surface area contributed by atoms with E-state index >= 15 is 0 Å². The van der Waals surface area contributed by atoms with Gasteiger partial charge in [0.05, 0.1) is 16.6 Å². The van der Waals surface area contributed by atoms with Crippen LogP contribution in [0.2, 0.25) is 4.34 Å². The molecule has 2 heterocycles. The fourth-order valence-corrected chi connectivity index (χ4v) is 3.21. The molecule has 0 saturated heterocycles. The lowest BCUT2D eigenvalue weighted by atomic mass is 10.4. The van der Waals surface area contributed by atoms with Gasteiger partial charge in [-0.2, -0.15) is 0 Å². The quantitative estimate of drug-likeness (QED) is 0.651. The summed E-state index contributed by atoms with van der Waals surface area (Å²) in [5.74, 6) is 0.582. The predicted molar refractivity (Wildman–Crippen MR) is 83.1 cm³/mol. The number of carbonyl (C=O) groups excluding carboxylic acids is 1. The lowest BCUT2D eigenvalue weighted by molar-refractivity contribution is -0.118. The molecule has 2 aromatic heterocycles. The van der Waals surface area contributed by atoms with Crippen LogP contribution in [0.3, 0.4) is 0 Å². The van der Waals surface area contributed by atoms with Gasteiger partial charge in [-0.05, 0) is 19.1 Å². The number of thioether (sulfide) groups is 1. The monoisotopic (exact) mass is 328 g/mol. The Hall–Kier alpha value is -1.31. The molecule has 0 fully saturated rings. The molecule has 3 N–H and O–H groups in total. The maximum atomic E-state index is 11.7. The van der Waals surface area contributed by atoms with Crippen molar-refractivity contribution in [3.8, 4) is 0 Å². The maximum absolute atomic E-state index is 11.7. The summed E-state index contributed by atoms with van der Waals surface area (Å²) in [6.07, 6.45) is 0. The van der Waals surface area contributed by atoms with Crippen molar-refractivity contribution < 1.29 is 4.79 Å². The first-order chi connectivity index (χ1) is 9.52. The number of nitrogen functional groups attached to an aromatic ring is 1. The number of rotatable bonds is 5. The average Bonchev–Trinajstić information content (AvgIpc) is 2.79. The highest BCUT2D eigenvalue weighted by Crippen LogP contribution is 2.21. The Morgan fingerprint density at radius 2 is 2.30 bits per heavy atom. The third-order valence-corrected chi connectivity index (χ3v) is 4.35. The highest BCUT2D eigenvalue weighted by atomic mass is 35.5. The number of anilines is 1. The van der Waals surface area contributed by atoms with Gasteiger partial charge in [-0.15, -0.1) is 11.3 Å². The molecule has 5 nitrogen and oxygen atoms in total. The van der Waals surface area contributed by atoms with Crippen molar-refractivity contribution in [2.45, 2.75) is 18.6 Å². The first kappa shape index (κ1) is 15.1. The summed E-state index contributed by atoms with van der Waals surface area (Å²) < 4.78 is 0.715. The molecular weight excluding hydrogens is 316 g/mol. The number of nitrogens with one attached hydrogen (secondary N) is 1. The van der Waals surface area contributed by atoms with E-state index in [0.717, 1.165) is 10.6 Å². The van der Waals surface area contributed by atoms with Crippen molar-refractivity contribution in [1.29, 1.82) is 0 Å². The van der Waals surface area contributed by atoms with Gasteiger partial charge in [-0.1, -0.05) is 23.4 Å². The Kier molecular flexibility index (Phi) is 5.22. The maximum Gasteiger partial charge on any atom is 0.230 e. The summed E-state index contributed by atoms with van der Waals surface area (Å²) in [7, 11) is 0. The summed E-state index contributed by atoms with van der Waals surface area (Å²) in [6.45, 7) is 2.32. The highest BCUT2D eigenvalue weighted by molar-refractivity contribution is 7.99. The SMILES string of the molecule is Cc1cc(N)nc(SCC(=O)NCc2ccc(Cl)s2)n1. The first-order valence-electron chi connectivity index (χ1n) is 5.78. The Morgan fingerprint density at radius 1 is 1.50 bits per heavy atom. The second kappa shape index (κ2) is 6.92. The number of nitrogens with zero attached hydrogens (tertiary/aromatic N) is 2. The normalized spacial score (nSPS) is 10.5. The van der Waals surface area contributed by atoms with E-state index in [9.17, 15) is 4.79 Å². The summed E-state index contributed by atoms with van der Waals surface area (Å²) in [5.41, 5.74) is 6.41. The van der Waals surface area contributed by atoms with Gasteiger partial charge in [0.25, 0.3) is 0 Å². The summed E-state index contributed by atoms with van der Waals surface area (Å²) in [5, 5.41) is 3.33. The molecule has 2 rings (SSSR count). The van der Waals surface area contributed by atoms with Crippen molar-refractivity contribution in [1.82, 2.24) is 15.3 Å². The standard InChI is InChI=1S/C12H13ClN4OS2/c1-7-4-10(14)17-12(16-7)19-6-11(18)15-5-8-2-3-9(13)20-8/h2-4H,5-6H2,1H3,(H,15,18)(H2,14,16,17). The van der Waals surface area contributed by atoms with Gasteiger partial charge < -0.3 is 11.1 Å². The molecule has 0 aliphatic rings. The van der Waals surface area contributed by atoms with Crippen molar-refractivity contribution in [2.24, 2.45) is 0 Å². The number of thiophene rings is 1. The predicted octanol–water partition coefficient (Wildman–Crippen LogP) is 2.49. The molecular formula is C12H13ClN4OS2. The smallest absolute Gasteiger partial charge is 0.230 e. The minimum atomic E-state index is -0.0804. The molecule has 0 unspecified atom stereocenters. The Morgan fingerprint density at radius 3 is 2.95 bits per heavy atom. The van der Waals surface area contributed by atoms with Crippen molar-refractivity contribution in [3.63, 3.8) is 0 Å². The summed E-state index contributed by atoms with van der Waals surface area (Å²) in [6, 6.07) is 5.39. The van der Waals surface area contributed by atoms with Crippen LogP contribution >= 0.6 is 34.7 Å². The molecule has 0 spiro atoms. The van der Waals surface area contributed by atoms with Gasteiger partial charge in [0.1, 0.15) is 5.82 Å². The summed E-state index contributed by atoms with van der Waals surface area (Å²) in [4.78, 5) is 21.0. The van der Waals surface area contributed by atoms with Crippen LogP contribution in [-0.4, -0.2) is 21.6 Å². The summed E-state index contributed by atoms with van der Waals surface area (Å²) >= 11 is 8.53. The largest absolute Gasteiger partial charge is 0.384 e. The van der Waals surface area contributed by atoms with E-state index in [2.05, 4.69) is 15.3 Å². The van der Waals surface area contributed by atoms with Crippen molar-refractivity contribution in [3.05, 3.63) is 33.1 Å². The number of hydrogen-bond donors (Lipinski definition) is 2. The van der Waals surface area contributed by atoms with E-state index in [0.29, 0.717) is 21.9 Å². The molecule has 106 valence electrons. The van der Waals surface area contributed by atoms with Crippen LogP contribution in [0.4, 0.5) is 5.82 Å². The van der Waals surface area contributed by atoms with Gasteiger partial charge in [0.2, 0.25) is 5.91 Å². The number of amides is 1. The molecule has 0 radical (unpaired) electrons. The van der Waals surface area contributed by atoms with Crippen LogP contribution in [0.15, 0.2) is 23.4 Å². The fraction of sp³-hybridized carbons (Fsp3) is 0.250. The van der Waals surface area contributed by atoms with Crippen LogP contribution in [0.25, 0.3) is 0 Å². The molecule has 0 bridgehead atoms. The third kappa shape index (κ3) is 4.66. The zero-order valence-electron chi connectivity index (χ0n) is 10.7. The Bertz CT molecular complexity index is 597. The van der Waals surface area contributed by atoms with Gasteiger partial charge in [0.15, 0.2) is 5.16 Å². The van der Waals surface area contributed by atoms with Gasteiger partial charge in [0, 0.05) is 16.6 Å². The number of carbonyl (C=O) groups is 1. The highest BCUT2D eigenvalue weighted by Gasteiger charge is 2.07. The zero-order valence-corrected chi connectivity index (χ0v) is 13.1. The minimum Gasteiger partial charge on any atom is -0.384 e. The Balaban J connectivity index is 1.80. The van der Waals surface area contributed by atoms with Gasteiger partial charge in [-0.3, -0.25) is 4.79 Å². The van der Waals surface area contributed by atoms with Crippen LogP contribution < -0.4 is 11.1 Å². The number of aryl methyl sites for hydroxylation is 1. The molecule has 20 heavy (non-hydrogen) atoms. The third-order valence-electron chi connectivity index (χ3n) is 2.27. The van der Waals surface area contributed by atoms with E-state index in [1.54, 1.807) is 6.07 Å². The molecule has 0 aliphatic carbocycles. The van der Waals surface area contributed by atoms with Crippen molar-refractivity contribution in [2.75, 3.05) is 11.5 Å². The minimum absolute atomic E-state index is 0.0804. The molecule has 0 aromatic carbocycles. The zero-order chi connectivity index (χ0) is 14.5. The molecule has 0 aliphatic heterocycles. The molecule has 8 heteroatoms. The van der Waals surface area contributed by atoms with E-state index in [4.69, 9.17) is 17.3 Å².